The van der Waals surface area contributed by atoms with Gasteiger partial charge in [-0.2, -0.15) is 0 Å². The van der Waals surface area contributed by atoms with E-state index in [2.05, 4.69) is 169 Å². The Hall–Kier alpha value is -8.35. The highest BCUT2D eigenvalue weighted by Crippen LogP contribution is 2.51. The Morgan fingerprint density at radius 3 is 1.97 bits per heavy atom. The van der Waals surface area contributed by atoms with Gasteiger partial charge in [0, 0.05) is 61.6 Å². The summed E-state index contributed by atoms with van der Waals surface area (Å²) >= 11 is 0. The summed E-state index contributed by atoms with van der Waals surface area (Å²) in [5.41, 5.74) is 15.1. The third kappa shape index (κ3) is 5.55. The van der Waals surface area contributed by atoms with E-state index < -0.39 is 0 Å². The van der Waals surface area contributed by atoms with Crippen LogP contribution in [0.2, 0.25) is 0 Å². The molecule has 0 amide bonds. The van der Waals surface area contributed by atoms with Crippen LogP contribution in [-0.2, 0) is 5.41 Å². The molecule has 4 heterocycles. The second kappa shape index (κ2) is 13.8. The summed E-state index contributed by atoms with van der Waals surface area (Å²) in [6.07, 6.45) is 3.64. The van der Waals surface area contributed by atoms with E-state index in [1.165, 1.54) is 43.8 Å². The lowest BCUT2D eigenvalue weighted by Crippen LogP contribution is -2.15. The van der Waals surface area contributed by atoms with Crippen molar-refractivity contribution < 1.29 is 0 Å². The summed E-state index contributed by atoms with van der Waals surface area (Å²) in [5.74, 6) is 1.71. The molecule has 13 rings (SSSR count). The number of rotatable bonds is 5. The van der Waals surface area contributed by atoms with Crippen LogP contribution in [0.4, 0.5) is 0 Å². The van der Waals surface area contributed by atoms with Gasteiger partial charge in [-0.15, -0.1) is 0 Å². The van der Waals surface area contributed by atoms with Gasteiger partial charge in [0.1, 0.15) is 0 Å². The molecule has 0 fully saturated rings. The summed E-state index contributed by atoms with van der Waals surface area (Å²) in [7, 11) is 0. The van der Waals surface area contributed by atoms with Crippen LogP contribution in [0.3, 0.4) is 0 Å². The number of nitrogens with zero attached hydrogens (tertiary/aromatic N) is 6. The molecule has 6 heteroatoms. The van der Waals surface area contributed by atoms with Gasteiger partial charge in [0.2, 0.25) is 0 Å². The number of pyridine rings is 2. The molecule has 0 spiro atoms. The van der Waals surface area contributed by atoms with Crippen LogP contribution in [0.5, 0.6) is 0 Å². The molecule has 1 aliphatic rings. The van der Waals surface area contributed by atoms with Crippen LogP contribution < -0.4 is 0 Å². The van der Waals surface area contributed by atoms with Gasteiger partial charge in [-0.05, 0) is 105 Å². The maximum absolute atomic E-state index is 5.31. The molecular weight excluding hydrogens is 781 g/mol. The van der Waals surface area contributed by atoms with E-state index in [9.17, 15) is 0 Å². The fraction of sp³-hybridized carbons (Fsp3) is 0.0517. The number of aromatic nitrogens is 6. The minimum Gasteiger partial charge on any atom is -0.309 e. The van der Waals surface area contributed by atoms with Crippen molar-refractivity contribution in [3.8, 4) is 62.1 Å². The lowest BCUT2D eigenvalue weighted by molar-refractivity contribution is 0.661. The monoisotopic (exact) mass is 818 g/mol. The fourth-order valence-corrected chi connectivity index (χ4v) is 10.1. The van der Waals surface area contributed by atoms with E-state index in [0.717, 1.165) is 66.3 Å². The average Bonchev–Trinajstić information content (AvgIpc) is 3.79. The molecular formula is C58H38N6. The predicted octanol–water partition coefficient (Wildman–Crippen LogP) is 14.2. The third-order valence-corrected chi connectivity index (χ3v) is 13.3. The minimum absolute atomic E-state index is 0.169. The summed E-state index contributed by atoms with van der Waals surface area (Å²) in [4.78, 5) is 25.2. The zero-order valence-electron chi connectivity index (χ0n) is 35.2. The Balaban J connectivity index is 1.10. The number of fused-ring (bicyclic) bond motifs is 9. The molecule has 300 valence electrons. The quantitative estimate of drug-likeness (QED) is 0.173. The Bertz CT molecular complexity index is 3890. The SMILES string of the molecule is CC1(C)c2ccccc2-c2cc3c4ccccc4n(-c4cc(-c5nc(-c6ccc7ncccc7c6)nc(-c6cccc7cccnc67)n5)ccc4-c4ccc5ccccc5c4)c3cc21. The molecule has 0 bridgehead atoms. The van der Waals surface area contributed by atoms with Gasteiger partial charge in [0.25, 0.3) is 0 Å². The highest BCUT2D eigenvalue weighted by atomic mass is 15.0. The van der Waals surface area contributed by atoms with Crippen molar-refractivity contribution in [2.24, 2.45) is 0 Å². The third-order valence-electron chi connectivity index (χ3n) is 13.3. The van der Waals surface area contributed by atoms with Crippen molar-refractivity contribution in [3.05, 3.63) is 206 Å². The van der Waals surface area contributed by atoms with Gasteiger partial charge < -0.3 is 4.57 Å². The van der Waals surface area contributed by atoms with E-state index in [-0.39, 0.29) is 5.41 Å². The summed E-state index contributed by atoms with van der Waals surface area (Å²) in [5, 5.41) is 6.85. The van der Waals surface area contributed by atoms with Crippen LogP contribution in [-0.4, -0.2) is 29.5 Å². The van der Waals surface area contributed by atoms with Gasteiger partial charge in [0.05, 0.1) is 27.8 Å². The normalized spacial score (nSPS) is 13.0. The van der Waals surface area contributed by atoms with Crippen LogP contribution >= 0.6 is 0 Å². The molecule has 6 nitrogen and oxygen atoms in total. The molecule has 4 aromatic heterocycles. The minimum atomic E-state index is -0.169. The average molecular weight is 819 g/mol. The van der Waals surface area contributed by atoms with Crippen molar-refractivity contribution in [1.82, 2.24) is 29.5 Å². The highest BCUT2D eigenvalue weighted by Gasteiger charge is 2.36. The first-order valence-corrected chi connectivity index (χ1v) is 21.7. The largest absolute Gasteiger partial charge is 0.309 e. The van der Waals surface area contributed by atoms with Crippen molar-refractivity contribution in [2.45, 2.75) is 19.3 Å². The standard InChI is InChI=1S/C58H38N6/c1-58(2)48-20-7-5-17-43(48)46-33-47-44-18-6-8-21-51(44)64(53(47)34-49(46)58)52-32-41(24-26-42(52)38-23-22-35-12-3-4-13-37(35)30-38)56-61-55(40-25-27-50-39(31-40)16-11-28-59-50)62-57(63-56)45-19-9-14-36-15-10-29-60-54(36)45/h3-34H,1-2H3. The Labute approximate surface area is 369 Å². The Kier molecular flexibility index (Phi) is 7.85. The van der Waals surface area contributed by atoms with Crippen molar-refractivity contribution in [2.75, 3.05) is 0 Å². The maximum Gasteiger partial charge on any atom is 0.166 e. The van der Waals surface area contributed by atoms with E-state index in [0.29, 0.717) is 17.5 Å². The summed E-state index contributed by atoms with van der Waals surface area (Å²) in [6, 6.07) is 65.0. The number of benzene rings is 8. The summed E-state index contributed by atoms with van der Waals surface area (Å²) < 4.78 is 2.46. The number of hydrogen-bond donors (Lipinski definition) is 0. The molecule has 12 aromatic rings. The predicted molar refractivity (Wildman–Crippen MR) is 262 cm³/mol. The number of para-hydroxylation sites is 2. The van der Waals surface area contributed by atoms with Crippen molar-refractivity contribution >= 4 is 54.4 Å². The second-order valence-corrected chi connectivity index (χ2v) is 17.3. The van der Waals surface area contributed by atoms with E-state index >= 15 is 0 Å². The molecule has 0 unspecified atom stereocenters. The van der Waals surface area contributed by atoms with E-state index in [4.69, 9.17) is 19.9 Å². The molecule has 8 aromatic carbocycles. The molecule has 64 heavy (non-hydrogen) atoms. The first-order valence-electron chi connectivity index (χ1n) is 21.7. The molecule has 0 saturated heterocycles. The molecule has 0 aliphatic heterocycles. The first-order chi connectivity index (χ1) is 31.5. The Morgan fingerprint density at radius 2 is 1.06 bits per heavy atom. The zero-order chi connectivity index (χ0) is 42.5. The van der Waals surface area contributed by atoms with Crippen LogP contribution in [0, 0.1) is 0 Å². The van der Waals surface area contributed by atoms with Gasteiger partial charge in [0.15, 0.2) is 17.5 Å². The Morgan fingerprint density at radius 1 is 0.391 bits per heavy atom. The molecule has 1 aliphatic carbocycles. The molecule has 0 atom stereocenters. The lowest BCUT2D eigenvalue weighted by atomic mass is 9.82. The van der Waals surface area contributed by atoms with Crippen LogP contribution in [0.15, 0.2) is 194 Å². The van der Waals surface area contributed by atoms with E-state index in [1.54, 1.807) is 0 Å². The van der Waals surface area contributed by atoms with Crippen LogP contribution in [0.25, 0.3) is 116 Å². The van der Waals surface area contributed by atoms with Gasteiger partial charge in [-0.3, -0.25) is 9.97 Å². The number of hydrogen-bond acceptors (Lipinski definition) is 5. The maximum atomic E-state index is 5.31. The smallest absolute Gasteiger partial charge is 0.166 e. The first kappa shape index (κ1) is 36.3. The lowest BCUT2D eigenvalue weighted by Gasteiger charge is -2.22. The van der Waals surface area contributed by atoms with Crippen molar-refractivity contribution in [1.29, 1.82) is 0 Å². The highest BCUT2D eigenvalue weighted by molar-refractivity contribution is 6.12. The van der Waals surface area contributed by atoms with Gasteiger partial charge in [-0.1, -0.05) is 129 Å². The summed E-state index contributed by atoms with van der Waals surface area (Å²) in [6.45, 7) is 4.70. The molecule has 0 N–H and O–H groups in total. The van der Waals surface area contributed by atoms with Gasteiger partial charge in [-0.25, -0.2) is 15.0 Å². The second-order valence-electron chi connectivity index (χ2n) is 17.3. The zero-order valence-corrected chi connectivity index (χ0v) is 35.2. The van der Waals surface area contributed by atoms with Crippen LogP contribution in [0.1, 0.15) is 25.0 Å². The molecule has 0 saturated carbocycles. The van der Waals surface area contributed by atoms with Gasteiger partial charge >= 0.3 is 0 Å². The molecule has 0 radical (unpaired) electrons. The van der Waals surface area contributed by atoms with Crippen molar-refractivity contribution in [3.63, 3.8) is 0 Å². The fourth-order valence-electron chi connectivity index (χ4n) is 10.1. The topological polar surface area (TPSA) is 69.4 Å². The van der Waals surface area contributed by atoms with E-state index in [1.807, 2.05) is 48.8 Å².